The fourth-order valence-electron chi connectivity index (χ4n) is 2.96. The van der Waals surface area contributed by atoms with Gasteiger partial charge in [0, 0.05) is 19.6 Å². The molecule has 2 rings (SSSR count). The third-order valence-electron chi connectivity index (χ3n) is 4.26. The van der Waals surface area contributed by atoms with E-state index in [1.54, 1.807) is 17.0 Å². The van der Waals surface area contributed by atoms with Crippen LogP contribution in [0.5, 0.6) is 5.75 Å². The maximum Gasteiger partial charge on any atom is 0.317 e. The third kappa shape index (κ3) is 5.58. The highest BCUT2D eigenvalue weighted by molar-refractivity contribution is 7.89. The topological polar surface area (TPSA) is 111 Å². The van der Waals surface area contributed by atoms with E-state index in [4.69, 9.17) is 14.6 Å². The van der Waals surface area contributed by atoms with Crippen molar-refractivity contribution in [3.8, 4) is 5.75 Å². The van der Waals surface area contributed by atoms with Gasteiger partial charge in [-0.05, 0) is 44.4 Å². The second-order valence-electron chi connectivity index (χ2n) is 6.50. The SMILES string of the molecule is COc1ccc(CCNC(=O)N2CC[C@@H](C)O[C@@H](C)C2)cc1S(N)(=O)=O. The molecule has 3 N–H and O–H groups in total. The molecule has 2 atom stereocenters. The van der Waals surface area contributed by atoms with Crippen molar-refractivity contribution in [2.45, 2.75) is 43.8 Å². The predicted octanol–water partition coefficient (Wildman–Crippen LogP) is 1.09. The molecule has 0 radical (unpaired) electrons. The summed E-state index contributed by atoms with van der Waals surface area (Å²) in [5.74, 6) is 0.202. The van der Waals surface area contributed by atoms with Gasteiger partial charge in [-0.15, -0.1) is 0 Å². The highest BCUT2D eigenvalue weighted by Gasteiger charge is 2.22. The van der Waals surface area contributed by atoms with Crippen LogP contribution in [0.2, 0.25) is 0 Å². The molecule has 9 heteroatoms. The molecule has 8 nitrogen and oxygen atoms in total. The minimum atomic E-state index is -3.88. The summed E-state index contributed by atoms with van der Waals surface area (Å²) in [5.41, 5.74) is 0.747. The molecule has 1 aromatic rings. The van der Waals surface area contributed by atoms with Crippen LogP contribution in [0.25, 0.3) is 0 Å². The molecule has 0 bridgehead atoms. The van der Waals surface area contributed by atoms with E-state index in [-0.39, 0.29) is 28.9 Å². The van der Waals surface area contributed by atoms with E-state index in [9.17, 15) is 13.2 Å². The molecule has 0 aliphatic carbocycles. The van der Waals surface area contributed by atoms with Crippen LogP contribution in [0.3, 0.4) is 0 Å². The number of rotatable bonds is 5. The Morgan fingerprint density at radius 2 is 2.12 bits per heavy atom. The van der Waals surface area contributed by atoms with Crippen LogP contribution in [0.1, 0.15) is 25.8 Å². The average Bonchev–Trinajstić information content (AvgIpc) is 2.74. The summed E-state index contributed by atoms with van der Waals surface area (Å²) in [6.45, 7) is 5.54. The number of hydrogen-bond acceptors (Lipinski definition) is 5. The average molecular weight is 385 g/mol. The van der Waals surface area contributed by atoms with Gasteiger partial charge in [-0.3, -0.25) is 0 Å². The molecule has 1 saturated heterocycles. The van der Waals surface area contributed by atoms with Crippen molar-refractivity contribution >= 4 is 16.1 Å². The minimum absolute atomic E-state index is 0.00263. The van der Waals surface area contributed by atoms with Gasteiger partial charge >= 0.3 is 6.03 Å². The molecule has 0 saturated carbocycles. The maximum atomic E-state index is 12.3. The van der Waals surface area contributed by atoms with E-state index >= 15 is 0 Å². The smallest absolute Gasteiger partial charge is 0.317 e. The fraction of sp³-hybridized carbons (Fsp3) is 0.588. The Morgan fingerprint density at radius 3 is 2.77 bits per heavy atom. The molecular formula is C17H27N3O5S. The first kappa shape index (κ1) is 20.5. The number of nitrogens with zero attached hydrogens (tertiary/aromatic N) is 1. The lowest BCUT2D eigenvalue weighted by Gasteiger charge is -2.22. The van der Waals surface area contributed by atoms with Gasteiger partial charge in [0.05, 0.1) is 19.3 Å². The number of ether oxygens (including phenoxy) is 2. The number of primary sulfonamides is 1. The molecule has 0 aromatic heterocycles. The summed E-state index contributed by atoms with van der Waals surface area (Å²) < 4.78 is 34.1. The van der Waals surface area contributed by atoms with Crippen LogP contribution >= 0.6 is 0 Å². The first-order valence-corrected chi connectivity index (χ1v) is 10.1. The van der Waals surface area contributed by atoms with Crippen molar-refractivity contribution in [1.29, 1.82) is 0 Å². The van der Waals surface area contributed by atoms with Crippen LogP contribution in [0.4, 0.5) is 4.79 Å². The van der Waals surface area contributed by atoms with E-state index < -0.39 is 10.0 Å². The van der Waals surface area contributed by atoms with Crippen LogP contribution in [0, 0.1) is 0 Å². The standard InChI is InChI=1S/C17H27N3O5S/c1-12-7-9-20(11-13(2)25-12)17(21)19-8-6-14-4-5-15(24-3)16(10-14)26(18,22)23/h4-5,10,12-13H,6-9,11H2,1-3H3,(H,19,21)(H2,18,22,23)/t12-,13+/m1/s1. The zero-order valence-electron chi connectivity index (χ0n) is 15.4. The molecular weight excluding hydrogens is 358 g/mol. The van der Waals surface area contributed by atoms with Crippen molar-refractivity contribution in [3.05, 3.63) is 23.8 Å². The van der Waals surface area contributed by atoms with Crippen LogP contribution < -0.4 is 15.2 Å². The molecule has 146 valence electrons. The van der Waals surface area contributed by atoms with Gasteiger partial charge in [0.25, 0.3) is 0 Å². The minimum Gasteiger partial charge on any atom is -0.495 e. The Bertz CT molecular complexity index is 738. The molecule has 0 spiro atoms. The Kier molecular flexibility index (Phi) is 6.85. The molecule has 1 fully saturated rings. The molecule has 1 aromatic carbocycles. The second-order valence-corrected chi connectivity index (χ2v) is 8.03. The van der Waals surface area contributed by atoms with Gasteiger partial charge in [0.2, 0.25) is 10.0 Å². The number of nitrogens with one attached hydrogen (secondary N) is 1. The largest absolute Gasteiger partial charge is 0.495 e. The van der Waals surface area contributed by atoms with Gasteiger partial charge in [0.1, 0.15) is 10.6 Å². The zero-order valence-corrected chi connectivity index (χ0v) is 16.2. The van der Waals surface area contributed by atoms with Crippen LogP contribution in [0.15, 0.2) is 23.1 Å². The first-order chi connectivity index (χ1) is 12.2. The summed E-state index contributed by atoms with van der Waals surface area (Å²) in [6, 6.07) is 4.65. The second kappa shape index (κ2) is 8.70. The molecule has 2 amide bonds. The van der Waals surface area contributed by atoms with E-state index in [0.717, 1.165) is 12.0 Å². The lowest BCUT2D eigenvalue weighted by Crippen LogP contribution is -2.43. The van der Waals surface area contributed by atoms with E-state index in [1.807, 2.05) is 13.8 Å². The summed E-state index contributed by atoms with van der Waals surface area (Å²) >= 11 is 0. The monoisotopic (exact) mass is 385 g/mol. The fourth-order valence-corrected chi connectivity index (χ4v) is 3.70. The molecule has 26 heavy (non-hydrogen) atoms. The molecule has 0 unspecified atom stereocenters. The number of nitrogens with two attached hydrogens (primary N) is 1. The Hall–Kier alpha value is -1.84. The van der Waals surface area contributed by atoms with Gasteiger partial charge in [-0.2, -0.15) is 0 Å². The normalized spacial score (nSPS) is 21.2. The Labute approximate surface area is 154 Å². The van der Waals surface area contributed by atoms with Crippen molar-refractivity contribution in [3.63, 3.8) is 0 Å². The van der Waals surface area contributed by atoms with Gasteiger partial charge in [-0.1, -0.05) is 6.07 Å². The quantitative estimate of drug-likeness (QED) is 0.788. The van der Waals surface area contributed by atoms with Gasteiger partial charge in [-0.25, -0.2) is 18.4 Å². The lowest BCUT2D eigenvalue weighted by molar-refractivity contribution is 0.0160. The molecule has 1 aliphatic heterocycles. The van der Waals surface area contributed by atoms with E-state index in [2.05, 4.69) is 5.32 Å². The Morgan fingerprint density at radius 1 is 1.38 bits per heavy atom. The first-order valence-electron chi connectivity index (χ1n) is 8.58. The van der Waals surface area contributed by atoms with Gasteiger partial charge in [0.15, 0.2) is 0 Å². The van der Waals surface area contributed by atoms with Crippen molar-refractivity contribution in [1.82, 2.24) is 10.2 Å². The number of carbonyl (C=O) groups is 1. The summed E-state index contributed by atoms with van der Waals surface area (Å²) in [7, 11) is -2.49. The Balaban J connectivity index is 1.94. The lowest BCUT2D eigenvalue weighted by atomic mass is 10.1. The summed E-state index contributed by atoms with van der Waals surface area (Å²) in [6.07, 6.45) is 1.42. The van der Waals surface area contributed by atoms with Crippen molar-refractivity contribution in [2.24, 2.45) is 5.14 Å². The number of urea groups is 1. The van der Waals surface area contributed by atoms with Crippen LogP contribution in [-0.4, -0.2) is 58.3 Å². The molecule has 1 aliphatic rings. The highest BCUT2D eigenvalue weighted by atomic mass is 32.2. The van der Waals surface area contributed by atoms with Gasteiger partial charge < -0.3 is 19.7 Å². The number of sulfonamides is 1. The number of methoxy groups -OCH3 is 1. The maximum absolute atomic E-state index is 12.3. The van der Waals surface area contributed by atoms with Crippen molar-refractivity contribution < 1.29 is 22.7 Å². The van der Waals surface area contributed by atoms with E-state index in [1.165, 1.54) is 13.2 Å². The number of amides is 2. The molecule has 1 heterocycles. The predicted molar refractivity (Wildman–Crippen MR) is 97.7 cm³/mol. The zero-order chi connectivity index (χ0) is 19.3. The summed E-state index contributed by atoms with van der Waals surface area (Å²) in [4.78, 5) is 14.0. The van der Waals surface area contributed by atoms with Crippen LogP contribution in [-0.2, 0) is 21.2 Å². The number of benzene rings is 1. The third-order valence-corrected chi connectivity index (χ3v) is 5.19. The van der Waals surface area contributed by atoms with Crippen molar-refractivity contribution in [2.75, 3.05) is 26.7 Å². The summed E-state index contributed by atoms with van der Waals surface area (Å²) in [5, 5.41) is 8.09. The number of hydrogen-bond donors (Lipinski definition) is 2. The highest BCUT2D eigenvalue weighted by Crippen LogP contribution is 2.23. The van der Waals surface area contributed by atoms with E-state index in [0.29, 0.717) is 26.1 Å². The number of carbonyl (C=O) groups excluding carboxylic acids is 1.